The summed E-state index contributed by atoms with van der Waals surface area (Å²) in [5, 5.41) is 0. The molecule has 0 spiro atoms. The SMILES string of the molecule is Cc1ccc(S(=O)(=O)NC2=CC=CC3C=CC=NC23)cn1. The van der Waals surface area contributed by atoms with Crippen molar-refractivity contribution in [3.63, 3.8) is 0 Å². The number of hydrogen-bond donors (Lipinski definition) is 1. The first-order chi connectivity index (χ1) is 10.1. The average Bonchev–Trinajstić information content (AvgIpc) is 2.48. The molecule has 2 aliphatic rings. The van der Waals surface area contributed by atoms with Gasteiger partial charge in [-0.3, -0.25) is 14.7 Å². The molecule has 1 aromatic rings. The molecular weight excluding hydrogens is 286 g/mol. The van der Waals surface area contributed by atoms with Crippen LogP contribution in [-0.2, 0) is 10.0 Å². The van der Waals surface area contributed by atoms with Gasteiger partial charge in [0.2, 0.25) is 0 Å². The fourth-order valence-corrected chi connectivity index (χ4v) is 3.35. The fraction of sp³-hybridized carbons (Fsp3) is 0.200. The van der Waals surface area contributed by atoms with E-state index in [1.165, 1.54) is 6.20 Å². The number of fused-ring (bicyclic) bond motifs is 1. The first kappa shape index (κ1) is 13.8. The Labute approximate surface area is 123 Å². The van der Waals surface area contributed by atoms with Gasteiger partial charge in [-0.05, 0) is 31.2 Å². The highest BCUT2D eigenvalue weighted by molar-refractivity contribution is 7.89. The molecule has 5 nitrogen and oxygen atoms in total. The van der Waals surface area contributed by atoms with Crippen LogP contribution in [0.3, 0.4) is 0 Å². The number of aryl methyl sites for hydroxylation is 1. The van der Waals surface area contributed by atoms with Crippen LogP contribution >= 0.6 is 0 Å². The summed E-state index contributed by atoms with van der Waals surface area (Å²) >= 11 is 0. The lowest BCUT2D eigenvalue weighted by Crippen LogP contribution is -2.34. The number of rotatable bonds is 3. The maximum absolute atomic E-state index is 12.4. The van der Waals surface area contributed by atoms with Crippen molar-refractivity contribution in [3.8, 4) is 0 Å². The van der Waals surface area contributed by atoms with Crippen molar-refractivity contribution in [1.82, 2.24) is 9.71 Å². The van der Waals surface area contributed by atoms with Gasteiger partial charge in [-0.2, -0.15) is 0 Å². The first-order valence-electron chi connectivity index (χ1n) is 6.60. The normalized spacial score (nSPS) is 23.6. The minimum atomic E-state index is -3.64. The van der Waals surface area contributed by atoms with E-state index in [1.54, 1.807) is 24.4 Å². The average molecular weight is 301 g/mol. The maximum Gasteiger partial charge on any atom is 0.263 e. The van der Waals surface area contributed by atoms with E-state index >= 15 is 0 Å². The van der Waals surface area contributed by atoms with E-state index in [0.717, 1.165) is 5.69 Å². The van der Waals surface area contributed by atoms with Crippen molar-refractivity contribution < 1.29 is 8.42 Å². The van der Waals surface area contributed by atoms with Crippen LogP contribution in [0.2, 0.25) is 0 Å². The molecule has 1 aromatic heterocycles. The van der Waals surface area contributed by atoms with Gasteiger partial charge in [0.1, 0.15) is 10.9 Å². The van der Waals surface area contributed by atoms with Gasteiger partial charge in [0.05, 0.1) is 5.70 Å². The lowest BCUT2D eigenvalue weighted by Gasteiger charge is -2.26. The summed E-state index contributed by atoms with van der Waals surface area (Å²) in [4.78, 5) is 8.53. The Bertz CT molecular complexity index is 759. The molecule has 108 valence electrons. The number of hydrogen-bond acceptors (Lipinski definition) is 4. The molecule has 0 fully saturated rings. The molecular formula is C15H15N3O2S. The van der Waals surface area contributed by atoms with E-state index in [-0.39, 0.29) is 16.9 Å². The van der Waals surface area contributed by atoms with Crippen LogP contribution < -0.4 is 4.72 Å². The summed E-state index contributed by atoms with van der Waals surface area (Å²) in [6.45, 7) is 1.81. The second-order valence-electron chi connectivity index (χ2n) is 4.95. The van der Waals surface area contributed by atoms with Crippen molar-refractivity contribution >= 4 is 16.2 Å². The van der Waals surface area contributed by atoms with Gasteiger partial charge >= 0.3 is 0 Å². The lowest BCUT2D eigenvalue weighted by molar-refractivity contribution is 0.573. The molecule has 0 saturated carbocycles. The quantitative estimate of drug-likeness (QED) is 0.924. The monoisotopic (exact) mass is 301 g/mol. The molecule has 1 aliphatic carbocycles. The molecule has 3 rings (SSSR count). The predicted octanol–water partition coefficient (Wildman–Crippen LogP) is 1.75. The minimum absolute atomic E-state index is 0.0915. The Morgan fingerprint density at radius 1 is 1.19 bits per heavy atom. The van der Waals surface area contributed by atoms with E-state index in [0.29, 0.717) is 5.70 Å². The summed E-state index contributed by atoms with van der Waals surface area (Å²) in [5.41, 5.74) is 1.35. The van der Waals surface area contributed by atoms with Crippen molar-refractivity contribution in [2.45, 2.75) is 17.9 Å². The lowest BCUT2D eigenvalue weighted by atomic mass is 9.91. The Balaban J connectivity index is 1.87. The van der Waals surface area contributed by atoms with Crippen LogP contribution in [0.1, 0.15) is 5.69 Å². The van der Waals surface area contributed by atoms with Crippen LogP contribution in [0, 0.1) is 12.8 Å². The van der Waals surface area contributed by atoms with Crippen molar-refractivity contribution in [2.24, 2.45) is 10.9 Å². The standard InChI is InChI=1S/C15H15N3O2S/c1-11-7-8-13(10-17-11)21(19,20)18-14-6-2-4-12-5-3-9-16-15(12)14/h2-10,12,15,18H,1H3. The van der Waals surface area contributed by atoms with Gasteiger partial charge in [-0.25, -0.2) is 8.42 Å². The van der Waals surface area contributed by atoms with Crippen molar-refractivity contribution in [3.05, 3.63) is 60.1 Å². The molecule has 21 heavy (non-hydrogen) atoms. The third-order valence-corrected chi connectivity index (χ3v) is 4.77. The second kappa shape index (κ2) is 5.29. The summed E-state index contributed by atoms with van der Waals surface area (Å²) in [7, 11) is -3.64. The number of allylic oxidation sites excluding steroid dienone is 3. The number of aliphatic imine (C=N–C) groups is 1. The van der Waals surface area contributed by atoms with Gasteiger partial charge in [0.15, 0.2) is 0 Å². The Kier molecular flexibility index (Phi) is 3.47. The summed E-state index contributed by atoms with van der Waals surface area (Å²) in [6, 6.07) is 3.01. The van der Waals surface area contributed by atoms with Crippen LogP contribution in [0.5, 0.6) is 0 Å². The zero-order valence-corrected chi connectivity index (χ0v) is 12.3. The van der Waals surface area contributed by atoms with Crippen molar-refractivity contribution in [1.29, 1.82) is 0 Å². The van der Waals surface area contributed by atoms with Gasteiger partial charge in [0.25, 0.3) is 10.0 Å². The van der Waals surface area contributed by atoms with Crippen LogP contribution in [0.4, 0.5) is 0 Å². The van der Waals surface area contributed by atoms with E-state index in [4.69, 9.17) is 0 Å². The topological polar surface area (TPSA) is 71.4 Å². The number of dihydropyridines is 1. The number of sulfonamides is 1. The Morgan fingerprint density at radius 2 is 2.00 bits per heavy atom. The number of nitrogens with zero attached hydrogens (tertiary/aromatic N) is 2. The number of aromatic nitrogens is 1. The molecule has 2 heterocycles. The Hall–Kier alpha value is -2.21. The van der Waals surface area contributed by atoms with Crippen LogP contribution in [-0.4, -0.2) is 25.7 Å². The van der Waals surface area contributed by atoms with E-state index in [1.807, 2.05) is 31.2 Å². The van der Waals surface area contributed by atoms with Gasteiger partial charge in [0, 0.05) is 24.0 Å². The molecule has 0 radical (unpaired) electrons. The minimum Gasteiger partial charge on any atom is -0.283 e. The molecule has 0 amide bonds. The molecule has 0 saturated heterocycles. The van der Waals surface area contributed by atoms with Gasteiger partial charge < -0.3 is 0 Å². The third-order valence-electron chi connectivity index (χ3n) is 3.41. The molecule has 2 atom stereocenters. The first-order valence-corrected chi connectivity index (χ1v) is 8.08. The number of pyridine rings is 1. The van der Waals surface area contributed by atoms with Gasteiger partial charge in [-0.15, -0.1) is 0 Å². The smallest absolute Gasteiger partial charge is 0.263 e. The third kappa shape index (κ3) is 2.80. The van der Waals surface area contributed by atoms with Crippen LogP contribution in [0.15, 0.2) is 64.3 Å². The van der Waals surface area contributed by atoms with E-state index in [9.17, 15) is 8.42 Å². The zero-order chi connectivity index (χ0) is 14.9. The highest BCUT2D eigenvalue weighted by atomic mass is 32.2. The zero-order valence-electron chi connectivity index (χ0n) is 11.5. The summed E-state index contributed by atoms with van der Waals surface area (Å²) < 4.78 is 27.4. The second-order valence-corrected chi connectivity index (χ2v) is 6.64. The molecule has 1 aliphatic heterocycles. The fourth-order valence-electron chi connectivity index (χ4n) is 2.29. The molecule has 2 unspecified atom stereocenters. The van der Waals surface area contributed by atoms with E-state index in [2.05, 4.69) is 14.7 Å². The molecule has 6 heteroatoms. The maximum atomic E-state index is 12.4. The molecule has 1 N–H and O–H groups in total. The van der Waals surface area contributed by atoms with Gasteiger partial charge in [-0.1, -0.05) is 18.2 Å². The Morgan fingerprint density at radius 3 is 2.76 bits per heavy atom. The van der Waals surface area contributed by atoms with E-state index < -0.39 is 10.0 Å². The molecule has 0 aromatic carbocycles. The summed E-state index contributed by atoms with van der Waals surface area (Å²) in [5.74, 6) is 0.0915. The molecule has 0 bridgehead atoms. The van der Waals surface area contributed by atoms with Crippen LogP contribution in [0.25, 0.3) is 0 Å². The predicted molar refractivity (Wildman–Crippen MR) is 81.4 cm³/mol. The highest BCUT2D eigenvalue weighted by Gasteiger charge is 2.27. The largest absolute Gasteiger partial charge is 0.283 e. The number of nitrogens with one attached hydrogen (secondary N) is 1. The van der Waals surface area contributed by atoms with Crippen molar-refractivity contribution in [2.75, 3.05) is 0 Å². The summed E-state index contributed by atoms with van der Waals surface area (Å²) in [6.07, 6.45) is 12.5. The highest BCUT2D eigenvalue weighted by Crippen LogP contribution is 2.25.